The third kappa shape index (κ3) is 3.44. The second kappa shape index (κ2) is 8.73. The highest BCUT2D eigenvalue weighted by atomic mass is 16.7. The molecule has 0 radical (unpaired) electrons. The number of nitrogens with one attached hydrogen (secondary N) is 1. The summed E-state index contributed by atoms with van der Waals surface area (Å²) in [5.41, 5.74) is -6.35. The first-order valence-electron chi connectivity index (χ1n) is 12.9. The third-order valence-electron chi connectivity index (χ3n) is 9.52. The summed E-state index contributed by atoms with van der Waals surface area (Å²) < 4.78 is 25.2. The van der Waals surface area contributed by atoms with Crippen LogP contribution < -0.4 is 5.32 Å². The average molecular weight is 512 g/mol. The number of fused-ring (bicyclic) bond motifs is 3. The van der Waals surface area contributed by atoms with E-state index < -0.39 is 69.9 Å². The van der Waals surface area contributed by atoms with Gasteiger partial charge >= 0.3 is 11.9 Å². The summed E-state index contributed by atoms with van der Waals surface area (Å²) in [6, 6.07) is 0. The smallest absolute Gasteiger partial charge is 0.307 e. The van der Waals surface area contributed by atoms with Crippen LogP contribution in [0, 0.1) is 16.7 Å². The summed E-state index contributed by atoms with van der Waals surface area (Å²) in [5.74, 6) is -2.01. The standard InChI is InChI=1S/C26H41NO9/c1-14(29)33-21-19(34-18(32)9-11-27-7)20-22(2,3)10-8-15(30)24(20,5)26-16(31)12-23(4,17(13-28)35-26)36-25(21,26)6/h15,17,19-21,27-28,30H,8-13H2,1-7H3/t15-,17+,19-,20-,21-,23+,24-,25+,26-/m0/s1. The molecule has 3 heterocycles. The van der Waals surface area contributed by atoms with Crippen molar-refractivity contribution in [2.45, 2.75) is 108 Å². The Kier molecular flexibility index (Phi) is 6.65. The minimum absolute atomic E-state index is 0.0251. The van der Waals surface area contributed by atoms with Crippen LogP contribution in [-0.2, 0) is 33.3 Å². The van der Waals surface area contributed by atoms with Gasteiger partial charge in [-0.2, -0.15) is 0 Å². The number of hydrogen-bond acceptors (Lipinski definition) is 10. The summed E-state index contributed by atoms with van der Waals surface area (Å²) >= 11 is 0. The molecule has 0 aromatic carbocycles. The number of aliphatic hydroxyl groups is 2. The van der Waals surface area contributed by atoms with Crippen LogP contribution in [-0.4, -0.2) is 89.4 Å². The van der Waals surface area contributed by atoms with Crippen LogP contribution in [0.1, 0.15) is 67.2 Å². The maximum Gasteiger partial charge on any atom is 0.307 e. The van der Waals surface area contributed by atoms with E-state index in [1.807, 2.05) is 13.8 Å². The van der Waals surface area contributed by atoms with Crippen molar-refractivity contribution in [3.63, 3.8) is 0 Å². The maximum absolute atomic E-state index is 14.1. The van der Waals surface area contributed by atoms with Crippen molar-refractivity contribution < 1.29 is 43.5 Å². The van der Waals surface area contributed by atoms with Crippen LogP contribution in [0.5, 0.6) is 0 Å². The lowest BCUT2D eigenvalue weighted by Crippen LogP contribution is -2.91. The van der Waals surface area contributed by atoms with Crippen molar-refractivity contribution in [2.24, 2.45) is 16.7 Å². The zero-order valence-corrected chi connectivity index (χ0v) is 22.4. The molecular formula is C26H41NO9. The lowest BCUT2D eigenvalue weighted by molar-refractivity contribution is -0.440. The van der Waals surface area contributed by atoms with E-state index in [1.165, 1.54) is 6.92 Å². The molecule has 5 aliphatic rings. The molecule has 0 aromatic heterocycles. The van der Waals surface area contributed by atoms with Gasteiger partial charge in [-0.05, 0) is 39.2 Å². The van der Waals surface area contributed by atoms with Crippen LogP contribution in [0.15, 0.2) is 0 Å². The van der Waals surface area contributed by atoms with Gasteiger partial charge in [-0.1, -0.05) is 20.8 Å². The number of Topliss-reactive ketones (excluding diaryl/α,β-unsaturated/α-hetero) is 1. The number of hydrogen-bond donors (Lipinski definition) is 3. The Balaban J connectivity index is 1.99. The van der Waals surface area contributed by atoms with E-state index in [0.717, 1.165) is 0 Å². The monoisotopic (exact) mass is 511 g/mol. The van der Waals surface area contributed by atoms with E-state index in [-0.39, 0.29) is 25.2 Å². The predicted octanol–water partition coefficient (Wildman–Crippen LogP) is 0.893. The first-order valence-corrected chi connectivity index (χ1v) is 12.9. The zero-order valence-electron chi connectivity index (χ0n) is 22.4. The van der Waals surface area contributed by atoms with Crippen LogP contribution >= 0.6 is 0 Å². The predicted molar refractivity (Wildman–Crippen MR) is 127 cm³/mol. The maximum atomic E-state index is 14.1. The van der Waals surface area contributed by atoms with Gasteiger partial charge in [-0.3, -0.25) is 14.4 Å². The molecule has 0 aromatic rings. The Bertz CT molecular complexity index is 938. The highest BCUT2D eigenvalue weighted by Gasteiger charge is 2.86. The largest absolute Gasteiger partial charge is 0.458 e. The van der Waals surface area contributed by atoms with Gasteiger partial charge in [0.15, 0.2) is 17.5 Å². The van der Waals surface area contributed by atoms with Gasteiger partial charge < -0.3 is 34.5 Å². The van der Waals surface area contributed by atoms with Crippen LogP contribution in [0.4, 0.5) is 0 Å². The number of carbonyl (C=O) groups excluding carboxylic acids is 3. The molecule has 2 aliphatic carbocycles. The minimum Gasteiger partial charge on any atom is -0.458 e. The highest BCUT2D eigenvalue weighted by Crippen LogP contribution is 2.71. The summed E-state index contributed by atoms with van der Waals surface area (Å²) in [7, 11) is 1.73. The van der Waals surface area contributed by atoms with Crippen molar-refractivity contribution >= 4 is 17.7 Å². The van der Waals surface area contributed by atoms with Crippen molar-refractivity contribution in [3.05, 3.63) is 0 Å². The molecule has 2 bridgehead atoms. The molecule has 0 unspecified atom stereocenters. The van der Waals surface area contributed by atoms with E-state index in [4.69, 9.17) is 18.9 Å². The average Bonchev–Trinajstić information content (AvgIpc) is 2.76. The van der Waals surface area contributed by atoms with Crippen molar-refractivity contribution in [3.8, 4) is 0 Å². The van der Waals surface area contributed by atoms with Crippen molar-refractivity contribution in [2.75, 3.05) is 20.2 Å². The molecule has 3 aliphatic heterocycles. The molecule has 204 valence electrons. The molecule has 2 saturated carbocycles. The molecule has 10 nitrogen and oxygen atoms in total. The van der Waals surface area contributed by atoms with Crippen molar-refractivity contribution in [1.82, 2.24) is 5.32 Å². The summed E-state index contributed by atoms with van der Waals surface area (Å²) in [5, 5.41) is 24.8. The second-order valence-corrected chi connectivity index (χ2v) is 12.2. The molecule has 9 atom stereocenters. The van der Waals surface area contributed by atoms with Crippen LogP contribution in [0.25, 0.3) is 0 Å². The van der Waals surface area contributed by atoms with Gasteiger partial charge in [0.2, 0.25) is 0 Å². The first-order chi connectivity index (χ1) is 16.6. The van der Waals surface area contributed by atoms with Gasteiger partial charge in [-0.15, -0.1) is 0 Å². The fraction of sp³-hybridized carbons (Fsp3) is 0.885. The number of ether oxygens (including phenoxy) is 4. The lowest BCUT2D eigenvalue weighted by Gasteiger charge is -2.75. The molecule has 36 heavy (non-hydrogen) atoms. The zero-order chi connectivity index (χ0) is 26.9. The molecule has 0 amide bonds. The fourth-order valence-corrected chi connectivity index (χ4v) is 8.10. The Labute approximate surface area is 212 Å². The SMILES string of the molecule is CNCCC(=O)O[C@H]1[C@H]2C(C)(C)CC[C@H](O)[C@]2(C)[C@@]23O[C@H](CO)[C@@](C)(CC2=O)O[C@]3(C)[C@H]1OC(C)=O. The molecule has 5 rings (SSSR count). The Hall–Kier alpha value is -1.59. The summed E-state index contributed by atoms with van der Waals surface area (Å²) in [6.45, 7) is 10.4. The van der Waals surface area contributed by atoms with Gasteiger partial charge in [0.1, 0.15) is 23.4 Å². The quantitative estimate of drug-likeness (QED) is 0.440. The topological polar surface area (TPSA) is 141 Å². The molecule has 3 N–H and O–H groups in total. The van der Waals surface area contributed by atoms with E-state index in [2.05, 4.69) is 5.32 Å². The fourth-order valence-electron chi connectivity index (χ4n) is 8.10. The van der Waals surface area contributed by atoms with Gasteiger partial charge in [-0.25, -0.2) is 0 Å². The summed E-state index contributed by atoms with van der Waals surface area (Å²) in [6.07, 6.45) is -2.96. The number of ketones is 1. The third-order valence-corrected chi connectivity index (χ3v) is 9.52. The van der Waals surface area contributed by atoms with E-state index in [0.29, 0.717) is 19.4 Å². The first kappa shape index (κ1) is 27.4. The molecule has 5 fully saturated rings. The minimum atomic E-state index is -1.75. The van der Waals surface area contributed by atoms with Gasteiger partial charge in [0, 0.05) is 31.2 Å². The number of esters is 2. The van der Waals surface area contributed by atoms with E-state index in [1.54, 1.807) is 27.8 Å². The molecule has 3 saturated heterocycles. The molecule has 1 spiro atoms. The number of carbonyl (C=O) groups is 3. The molecule has 10 heteroatoms. The number of rotatable bonds is 6. The second-order valence-electron chi connectivity index (χ2n) is 12.2. The highest BCUT2D eigenvalue weighted by molar-refractivity contribution is 5.93. The normalized spacial score (nSPS) is 47.0. The number of aliphatic hydroxyl groups excluding tert-OH is 2. The van der Waals surface area contributed by atoms with Crippen LogP contribution in [0.3, 0.4) is 0 Å². The van der Waals surface area contributed by atoms with Gasteiger partial charge in [0.05, 0.1) is 19.1 Å². The van der Waals surface area contributed by atoms with Gasteiger partial charge in [0.25, 0.3) is 0 Å². The van der Waals surface area contributed by atoms with E-state index in [9.17, 15) is 24.6 Å². The lowest BCUT2D eigenvalue weighted by atomic mass is 9.39. The Morgan fingerprint density at radius 3 is 2.42 bits per heavy atom. The van der Waals surface area contributed by atoms with Crippen LogP contribution in [0.2, 0.25) is 0 Å². The van der Waals surface area contributed by atoms with E-state index >= 15 is 0 Å². The Morgan fingerprint density at radius 1 is 1.17 bits per heavy atom. The summed E-state index contributed by atoms with van der Waals surface area (Å²) in [4.78, 5) is 39.6. The van der Waals surface area contributed by atoms with Crippen molar-refractivity contribution in [1.29, 1.82) is 0 Å². The Morgan fingerprint density at radius 2 is 1.83 bits per heavy atom. The molecular weight excluding hydrogens is 470 g/mol.